The topological polar surface area (TPSA) is 42.2 Å². The Bertz CT molecular complexity index is 660. The Morgan fingerprint density at radius 2 is 2.05 bits per heavy atom. The number of hydrogen-bond donors (Lipinski definition) is 0. The quantitative estimate of drug-likeness (QED) is 0.760. The van der Waals surface area contributed by atoms with Gasteiger partial charge in [-0.05, 0) is 18.2 Å². The molecule has 5 heteroatoms. The molecule has 21 heavy (non-hydrogen) atoms. The Morgan fingerprint density at radius 1 is 1.24 bits per heavy atom. The van der Waals surface area contributed by atoms with E-state index in [0.717, 1.165) is 5.56 Å². The Balaban J connectivity index is 2.22. The maximum absolute atomic E-state index is 13.8. The minimum atomic E-state index is -0.454. The third-order valence-electron chi connectivity index (χ3n) is 2.98. The standard InChI is InChI=1S/C16H13BrFNO2/c1-20-15-4-2-3-12(8-17)16(15)21-10-13-6-5-11(9-19)7-14(13)18/h2-7H,8,10H2,1H3. The SMILES string of the molecule is COc1cccc(CBr)c1OCc1ccc(C#N)cc1F. The second-order valence-electron chi connectivity index (χ2n) is 4.29. The van der Waals surface area contributed by atoms with Gasteiger partial charge in [-0.15, -0.1) is 0 Å². The third-order valence-corrected chi connectivity index (χ3v) is 3.58. The second kappa shape index (κ2) is 7.09. The van der Waals surface area contributed by atoms with Gasteiger partial charge in [0.2, 0.25) is 0 Å². The van der Waals surface area contributed by atoms with Crippen LogP contribution in [-0.4, -0.2) is 7.11 Å². The van der Waals surface area contributed by atoms with Gasteiger partial charge in [-0.25, -0.2) is 4.39 Å². The molecule has 0 atom stereocenters. The van der Waals surface area contributed by atoms with Crippen molar-refractivity contribution in [1.29, 1.82) is 5.26 Å². The molecule has 108 valence electrons. The lowest BCUT2D eigenvalue weighted by molar-refractivity contribution is 0.277. The monoisotopic (exact) mass is 349 g/mol. The fourth-order valence-corrected chi connectivity index (χ4v) is 2.32. The number of nitrogens with zero attached hydrogens (tertiary/aromatic N) is 1. The molecule has 2 aromatic carbocycles. The van der Waals surface area contributed by atoms with E-state index in [0.29, 0.717) is 22.4 Å². The highest BCUT2D eigenvalue weighted by Gasteiger charge is 2.11. The van der Waals surface area contributed by atoms with Gasteiger partial charge in [0, 0.05) is 16.5 Å². The van der Waals surface area contributed by atoms with Crippen LogP contribution in [0.4, 0.5) is 4.39 Å². The smallest absolute Gasteiger partial charge is 0.165 e. The Morgan fingerprint density at radius 3 is 2.67 bits per heavy atom. The van der Waals surface area contributed by atoms with Gasteiger partial charge in [-0.3, -0.25) is 0 Å². The van der Waals surface area contributed by atoms with E-state index < -0.39 is 5.82 Å². The first-order valence-electron chi connectivity index (χ1n) is 6.22. The van der Waals surface area contributed by atoms with Crippen LogP contribution in [0.1, 0.15) is 16.7 Å². The number of alkyl halides is 1. The summed E-state index contributed by atoms with van der Waals surface area (Å²) in [7, 11) is 1.56. The number of hydrogen-bond acceptors (Lipinski definition) is 3. The van der Waals surface area contributed by atoms with Crippen LogP contribution in [0.2, 0.25) is 0 Å². The minimum absolute atomic E-state index is 0.0674. The molecule has 0 aliphatic rings. The van der Waals surface area contributed by atoms with Crippen molar-refractivity contribution in [1.82, 2.24) is 0 Å². The van der Waals surface area contributed by atoms with Crippen molar-refractivity contribution in [2.45, 2.75) is 11.9 Å². The van der Waals surface area contributed by atoms with Crippen molar-refractivity contribution >= 4 is 15.9 Å². The van der Waals surface area contributed by atoms with Gasteiger partial charge in [0.25, 0.3) is 0 Å². The fraction of sp³-hybridized carbons (Fsp3) is 0.188. The summed E-state index contributed by atoms with van der Waals surface area (Å²) >= 11 is 3.39. The van der Waals surface area contributed by atoms with Crippen molar-refractivity contribution in [2.24, 2.45) is 0 Å². The van der Waals surface area contributed by atoms with E-state index in [1.165, 1.54) is 6.07 Å². The molecule has 3 nitrogen and oxygen atoms in total. The molecule has 0 amide bonds. The van der Waals surface area contributed by atoms with Crippen molar-refractivity contribution in [3.8, 4) is 17.6 Å². The van der Waals surface area contributed by atoms with E-state index in [1.54, 1.807) is 25.3 Å². The highest BCUT2D eigenvalue weighted by atomic mass is 79.9. The zero-order chi connectivity index (χ0) is 15.2. The summed E-state index contributed by atoms with van der Waals surface area (Å²) in [5.41, 5.74) is 1.60. The number of ether oxygens (including phenoxy) is 2. The summed E-state index contributed by atoms with van der Waals surface area (Å²) in [6, 6.07) is 11.8. The van der Waals surface area contributed by atoms with Crippen molar-refractivity contribution in [3.63, 3.8) is 0 Å². The molecule has 0 spiro atoms. The summed E-state index contributed by atoms with van der Waals surface area (Å²) in [5.74, 6) is 0.728. The maximum atomic E-state index is 13.8. The Labute approximate surface area is 131 Å². The molecular formula is C16H13BrFNO2. The lowest BCUT2D eigenvalue weighted by Crippen LogP contribution is -2.02. The zero-order valence-corrected chi connectivity index (χ0v) is 13.0. The summed E-state index contributed by atoms with van der Waals surface area (Å²) in [5, 5.41) is 9.33. The van der Waals surface area contributed by atoms with E-state index in [4.69, 9.17) is 14.7 Å². The van der Waals surface area contributed by atoms with Gasteiger partial charge < -0.3 is 9.47 Å². The van der Waals surface area contributed by atoms with Gasteiger partial charge in [0.1, 0.15) is 12.4 Å². The molecule has 0 saturated heterocycles. The van der Waals surface area contributed by atoms with Crippen LogP contribution in [0, 0.1) is 17.1 Å². The summed E-state index contributed by atoms with van der Waals surface area (Å²) in [4.78, 5) is 0. The molecule has 0 aromatic heterocycles. The van der Waals surface area contributed by atoms with Gasteiger partial charge >= 0.3 is 0 Å². The molecule has 0 aliphatic carbocycles. The molecule has 0 radical (unpaired) electrons. The highest BCUT2D eigenvalue weighted by molar-refractivity contribution is 9.08. The lowest BCUT2D eigenvalue weighted by atomic mass is 10.1. The largest absolute Gasteiger partial charge is 0.493 e. The fourth-order valence-electron chi connectivity index (χ4n) is 1.87. The van der Waals surface area contributed by atoms with Crippen LogP contribution in [0.15, 0.2) is 36.4 Å². The van der Waals surface area contributed by atoms with Gasteiger partial charge in [0.05, 0.1) is 18.7 Å². The van der Waals surface area contributed by atoms with Gasteiger partial charge in [-0.2, -0.15) is 5.26 Å². The molecule has 0 bridgehead atoms. The number of rotatable bonds is 5. The molecule has 2 rings (SSSR count). The van der Waals surface area contributed by atoms with Crippen molar-refractivity contribution < 1.29 is 13.9 Å². The van der Waals surface area contributed by atoms with E-state index in [-0.39, 0.29) is 12.2 Å². The average molecular weight is 350 g/mol. The number of nitriles is 1. The van der Waals surface area contributed by atoms with Gasteiger partial charge in [-0.1, -0.05) is 34.1 Å². The number of benzene rings is 2. The number of methoxy groups -OCH3 is 1. The minimum Gasteiger partial charge on any atom is -0.493 e. The predicted molar refractivity (Wildman–Crippen MR) is 81.1 cm³/mol. The first-order valence-corrected chi connectivity index (χ1v) is 7.35. The first-order chi connectivity index (χ1) is 10.2. The van der Waals surface area contributed by atoms with Crippen molar-refractivity contribution in [3.05, 3.63) is 58.9 Å². The summed E-state index contributed by atoms with van der Waals surface area (Å²) in [6.45, 7) is 0.0674. The van der Waals surface area contributed by atoms with Gasteiger partial charge in [0.15, 0.2) is 11.5 Å². The molecule has 0 N–H and O–H groups in total. The van der Waals surface area contributed by atoms with Crippen molar-refractivity contribution in [2.75, 3.05) is 7.11 Å². The molecule has 0 fully saturated rings. The molecule has 0 aliphatic heterocycles. The molecule has 0 saturated carbocycles. The normalized spacial score (nSPS) is 10.0. The Hall–Kier alpha value is -2.06. The predicted octanol–water partition coefficient (Wildman–Crippen LogP) is 4.18. The Kier molecular flexibility index (Phi) is 5.18. The van der Waals surface area contributed by atoms with Crippen LogP contribution in [0.25, 0.3) is 0 Å². The molecular weight excluding hydrogens is 337 g/mol. The number of para-hydroxylation sites is 1. The van der Waals surface area contributed by atoms with Crippen LogP contribution in [0.5, 0.6) is 11.5 Å². The number of halogens is 2. The molecule has 2 aromatic rings. The summed E-state index contributed by atoms with van der Waals surface area (Å²) in [6.07, 6.45) is 0. The molecule has 0 unspecified atom stereocenters. The maximum Gasteiger partial charge on any atom is 0.165 e. The van der Waals surface area contributed by atoms with E-state index in [9.17, 15) is 4.39 Å². The third kappa shape index (κ3) is 3.53. The van der Waals surface area contributed by atoms with Crippen LogP contribution in [-0.2, 0) is 11.9 Å². The second-order valence-corrected chi connectivity index (χ2v) is 4.85. The average Bonchev–Trinajstić information content (AvgIpc) is 2.53. The van der Waals surface area contributed by atoms with Crippen LogP contribution in [0.3, 0.4) is 0 Å². The van der Waals surface area contributed by atoms with E-state index >= 15 is 0 Å². The van der Waals surface area contributed by atoms with E-state index in [1.807, 2.05) is 18.2 Å². The van der Waals surface area contributed by atoms with Crippen LogP contribution < -0.4 is 9.47 Å². The van der Waals surface area contributed by atoms with E-state index in [2.05, 4.69) is 15.9 Å². The summed E-state index contributed by atoms with van der Waals surface area (Å²) < 4.78 is 24.8. The first kappa shape index (κ1) is 15.3. The zero-order valence-electron chi connectivity index (χ0n) is 11.4. The van der Waals surface area contributed by atoms with Crippen LogP contribution >= 0.6 is 15.9 Å². The molecule has 0 heterocycles. The highest BCUT2D eigenvalue weighted by Crippen LogP contribution is 2.33. The lowest BCUT2D eigenvalue weighted by Gasteiger charge is -2.14.